The molecular formula is C12H10F3N3O2. The van der Waals surface area contributed by atoms with E-state index in [-0.39, 0.29) is 12.0 Å². The fourth-order valence-corrected chi connectivity index (χ4v) is 1.85. The fourth-order valence-electron chi connectivity index (χ4n) is 1.85. The third kappa shape index (κ3) is 2.79. The normalized spacial score (nSPS) is 11.6. The van der Waals surface area contributed by atoms with Crippen LogP contribution in [-0.2, 0) is 19.6 Å². The van der Waals surface area contributed by atoms with Gasteiger partial charge in [-0.25, -0.2) is 4.98 Å². The zero-order chi connectivity index (χ0) is 14.9. The molecule has 0 aliphatic rings. The summed E-state index contributed by atoms with van der Waals surface area (Å²) in [6.45, 7) is 0. The largest absolute Gasteiger partial charge is 0.416 e. The first-order valence-electron chi connectivity index (χ1n) is 5.58. The van der Waals surface area contributed by atoms with Crippen molar-refractivity contribution >= 4 is 5.69 Å². The van der Waals surface area contributed by atoms with E-state index in [1.165, 1.54) is 12.5 Å². The summed E-state index contributed by atoms with van der Waals surface area (Å²) in [5, 5.41) is 10.6. The Morgan fingerprint density at radius 2 is 2.10 bits per heavy atom. The molecule has 0 saturated heterocycles. The van der Waals surface area contributed by atoms with Gasteiger partial charge in [0.2, 0.25) is 0 Å². The van der Waals surface area contributed by atoms with Crippen LogP contribution >= 0.6 is 0 Å². The number of hydrogen-bond acceptors (Lipinski definition) is 3. The van der Waals surface area contributed by atoms with Crippen LogP contribution in [0, 0.1) is 10.1 Å². The number of imidazole rings is 1. The summed E-state index contributed by atoms with van der Waals surface area (Å²) in [5.41, 5.74) is -1.00. The molecule has 106 valence electrons. The molecule has 0 aliphatic heterocycles. The second-order valence-corrected chi connectivity index (χ2v) is 4.27. The van der Waals surface area contributed by atoms with Crippen LogP contribution in [-0.4, -0.2) is 14.5 Å². The van der Waals surface area contributed by atoms with E-state index in [9.17, 15) is 23.3 Å². The van der Waals surface area contributed by atoms with Crippen molar-refractivity contribution < 1.29 is 18.1 Å². The van der Waals surface area contributed by atoms with E-state index in [0.29, 0.717) is 11.8 Å². The van der Waals surface area contributed by atoms with E-state index < -0.39 is 22.4 Å². The van der Waals surface area contributed by atoms with Gasteiger partial charge in [-0.1, -0.05) is 6.07 Å². The smallest absolute Gasteiger partial charge is 0.337 e. The summed E-state index contributed by atoms with van der Waals surface area (Å²) >= 11 is 0. The summed E-state index contributed by atoms with van der Waals surface area (Å²) < 4.78 is 40.5. The lowest BCUT2D eigenvalue weighted by Gasteiger charge is -2.12. The molecule has 8 heteroatoms. The highest BCUT2D eigenvalue weighted by molar-refractivity contribution is 5.42. The molecule has 0 bridgehead atoms. The van der Waals surface area contributed by atoms with Crippen LogP contribution < -0.4 is 0 Å². The average Bonchev–Trinajstić information content (AvgIpc) is 2.74. The Hall–Kier alpha value is -2.38. The molecular weight excluding hydrogens is 275 g/mol. The van der Waals surface area contributed by atoms with E-state index in [0.717, 1.165) is 12.1 Å². The third-order valence-electron chi connectivity index (χ3n) is 2.90. The SMILES string of the molecule is Cn1cncc1Cc1ccc([N+](=O)[O-])cc1C(F)(F)F. The van der Waals surface area contributed by atoms with E-state index in [1.807, 2.05) is 0 Å². The quantitative estimate of drug-likeness (QED) is 0.643. The zero-order valence-corrected chi connectivity index (χ0v) is 10.4. The first-order valence-corrected chi connectivity index (χ1v) is 5.58. The molecule has 0 N–H and O–H groups in total. The van der Waals surface area contributed by atoms with Gasteiger partial charge in [-0.15, -0.1) is 0 Å². The lowest BCUT2D eigenvalue weighted by Crippen LogP contribution is -2.11. The lowest BCUT2D eigenvalue weighted by atomic mass is 10.0. The summed E-state index contributed by atoms with van der Waals surface area (Å²) in [4.78, 5) is 13.6. The zero-order valence-electron chi connectivity index (χ0n) is 10.4. The maximum atomic E-state index is 13.0. The van der Waals surface area contributed by atoms with Gasteiger partial charge >= 0.3 is 6.18 Å². The maximum Gasteiger partial charge on any atom is 0.416 e. The third-order valence-corrected chi connectivity index (χ3v) is 2.90. The Morgan fingerprint density at radius 1 is 1.40 bits per heavy atom. The number of hydrogen-bond donors (Lipinski definition) is 0. The molecule has 0 fully saturated rings. The Bertz CT molecular complexity index is 650. The van der Waals surface area contributed by atoms with Crippen LogP contribution in [0.4, 0.5) is 18.9 Å². The maximum absolute atomic E-state index is 13.0. The number of aromatic nitrogens is 2. The van der Waals surface area contributed by atoms with Gasteiger partial charge in [0, 0.05) is 37.5 Å². The number of nitro benzene ring substituents is 1. The van der Waals surface area contributed by atoms with Crippen LogP contribution in [0.25, 0.3) is 0 Å². The molecule has 1 aromatic heterocycles. The molecule has 20 heavy (non-hydrogen) atoms. The van der Waals surface area contributed by atoms with Crippen LogP contribution in [0.1, 0.15) is 16.8 Å². The molecule has 0 spiro atoms. The second-order valence-electron chi connectivity index (χ2n) is 4.27. The first-order chi connectivity index (χ1) is 9.29. The number of nitrogens with zero attached hydrogens (tertiary/aromatic N) is 3. The highest BCUT2D eigenvalue weighted by atomic mass is 19.4. The van der Waals surface area contributed by atoms with Gasteiger partial charge in [0.15, 0.2) is 0 Å². The van der Waals surface area contributed by atoms with Crippen LogP contribution in [0.15, 0.2) is 30.7 Å². The van der Waals surface area contributed by atoms with Crippen molar-refractivity contribution in [2.45, 2.75) is 12.6 Å². The van der Waals surface area contributed by atoms with Gasteiger partial charge in [-0.05, 0) is 5.56 Å². The minimum atomic E-state index is -4.64. The predicted octanol–water partition coefficient (Wildman–Crippen LogP) is 2.94. The van der Waals surface area contributed by atoms with Crippen molar-refractivity contribution in [3.8, 4) is 0 Å². The summed E-state index contributed by atoms with van der Waals surface area (Å²) in [6.07, 6.45) is -1.70. The number of benzene rings is 1. The Balaban J connectivity index is 2.47. The fraction of sp³-hybridized carbons (Fsp3) is 0.250. The molecule has 0 saturated carbocycles. The molecule has 0 unspecified atom stereocenters. The minimum absolute atomic E-state index is 0.00331. The summed E-state index contributed by atoms with van der Waals surface area (Å²) in [6, 6.07) is 2.76. The van der Waals surface area contributed by atoms with Crippen molar-refractivity contribution in [1.82, 2.24) is 9.55 Å². The Kier molecular flexibility index (Phi) is 3.47. The molecule has 0 aliphatic carbocycles. The topological polar surface area (TPSA) is 61.0 Å². The summed E-state index contributed by atoms with van der Waals surface area (Å²) in [5.74, 6) is 0. The number of alkyl halides is 3. The van der Waals surface area contributed by atoms with Crippen molar-refractivity contribution in [3.63, 3.8) is 0 Å². The molecule has 0 amide bonds. The number of rotatable bonds is 3. The van der Waals surface area contributed by atoms with Gasteiger partial charge in [-0.3, -0.25) is 10.1 Å². The highest BCUT2D eigenvalue weighted by Crippen LogP contribution is 2.35. The molecule has 0 radical (unpaired) electrons. The Labute approximate surface area is 111 Å². The van der Waals surface area contributed by atoms with E-state index >= 15 is 0 Å². The number of non-ortho nitro benzene ring substituents is 1. The van der Waals surface area contributed by atoms with Gasteiger partial charge in [0.1, 0.15) is 0 Å². The molecule has 2 rings (SSSR count). The van der Waals surface area contributed by atoms with Crippen LogP contribution in [0.2, 0.25) is 0 Å². The van der Waals surface area contributed by atoms with E-state index in [4.69, 9.17) is 0 Å². The predicted molar refractivity (Wildman–Crippen MR) is 64.1 cm³/mol. The van der Waals surface area contributed by atoms with Crippen molar-refractivity contribution in [2.24, 2.45) is 7.05 Å². The Morgan fingerprint density at radius 3 is 2.60 bits per heavy atom. The van der Waals surface area contributed by atoms with E-state index in [1.54, 1.807) is 11.6 Å². The second kappa shape index (κ2) is 4.95. The van der Waals surface area contributed by atoms with Crippen LogP contribution in [0.3, 0.4) is 0 Å². The van der Waals surface area contributed by atoms with Gasteiger partial charge in [0.05, 0.1) is 16.8 Å². The highest BCUT2D eigenvalue weighted by Gasteiger charge is 2.35. The van der Waals surface area contributed by atoms with Gasteiger partial charge < -0.3 is 4.57 Å². The first kappa shape index (κ1) is 14.0. The molecule has 5 nitrogen and oxygen atoms in total. The standard InChI is InChI=1S/C12H10F3N3O2/c1-17-7-16-6-10(17)4-8-2-3-9(18(19)20)5-11(8)12(13,14)15/h2-3,5-7H,4H2,1H3. The molecule has 1 aromatic carbocycles. The van der Waals surface area contributed by atoms with Crippen molar-refractivity contribution in [3.05, 3.63) is 57.7 Å². The van der Waals surface area contributed by atoms with Crippen molar-refractivity contribution in [1.29, 1.82) is 0 Å². The van der Waals surface area contributed by atoms with Crippen molar-refractivity contribution in [2.75, 3.05) is 0 Å². The average molecular weight is 285 g/mol. The molecule has 2 aromatic rings. The van der Waals surface area contributed by atoms with Gasteiger partial charge in [0.25, 0.3) is 5.69 Å². The van der Waals surface area contributed by atoms with Gasteiger partial charge in [-0.2, -0.15) is 13.2 Å². The monoisotopic (exact) mass is 285 g/mol. The lowest BCUT2D eigenvalue weighted by molar-refractivity contribution is -0.385. The number of nitro groups is 1. The van der Waals surface area contributed by atoms with Crippen LogP contribution in [0.5, 0.6) is 0 Å². The molecule has 1 heterocycles. The minimum Gasteiger partial charge on any atom is -0.337 e. The summed E-state index contributed by atoms with van der Waals surface area (Å²) in [7, 11) is 1.67. The molecule has 0 atom stereocenters. The number of aryl methyl sites for hydroxylation is 1. The number of halogens is 3. The van der Waals surface area contributed by atoms with E-state index in [2.05, 4.69) is 4.98 Å².